The highest BCUT2D eigenvalue weighted by atomic mass is 16.3. The molecule has 0 spiro atoms. The van der Waals surface area contributed by atoms with Crippen molar-refractivity contribution in [2.45, 2.75) is 25.4 Å². The zero-order valence-corrected chi connectivity index (χ0v) is 12.0. The maximum Gasteiger partial charge on any atom is 0.119 e. The molecule has 0 radical (unpaired) electrons. The molecule has 0 saturated carbocycles. The molecule has 0 fully saturated rings. The summed E-state index contributed by atoms with van der Waals surface area (Å²) < 4.78 is 0. The Morgan fingerprint density at radius 2 is 1.62 bits per heavy atom. The van der Waals surface area contributed by atoms with Gasteiger partial charge in [0, 0.05) is 18.2 Å². The molecule has 2 atom stereocenters. The van der Waals surface area contributed by atoms with Gasteiger partial charge in [-0.1, -0.05) is 30.3 Å². The van der Waals surface area contributed by atoms with Crippen molar-refractivity contribution in [3.63, 3.8) is 0 Å². The second-order valence-corrected chi connectivity index (χ2v) is 5.24. The standard InChI is InChI=1S/C17H21NO3/c1-12(14-8-16(20)10-17(21)9-14)18-15(11-19)7-13-5-3-2-4-6-13/h2-6,8-10,12,15,18-21H,7,11H2,1H3/t12?,15-/m0/s1. The van der Waals surface area contributed by atoms with Crippen molar-refractivity contribution in [1.82, 2.24) is 5.32 Å². The van der Waals surface area contributed by atoms with Gasteiger partial charge in [-0.05, 0) is 36.6 Å². The summed E-state index contributed by atoms with van der Waals surface area (Å²) >= 11 is 0. The van der Waals surface area contributed by atoms with Crippen LogP contribution in [-0.2, 0) is 6.42 Å². The van der Waals surface area contributed by atoms with E-state index in [0.717, 1.165) is 11.1 Å². The topological polar surface area (TPSA) is 72.7 Å². The second-order valence-electron chi connectivity index (χ2n) is 5.24. The number of hydrogen-bond acceptors (Lipinski definition) is 4. The first-order chi connectivity index (χ1) is 10.1. The summed E-state index contributed by atoms with van der Waals surface area (Å²) in [5.41, 5.74) is 1.93. The maximum absolute atomic E-state index is 9.53. The van der Waals surface area contributed by atoms with Crippen molar-refractivity contribution in [3.8, 4) is 11.5 Å². The van der Waals surface area contributed by atoms with E-state index in [4.69, 9.17) is 0 Å². The Labute approximate surface area is 124 Å². The van der Waals surface area contributed by atoms with Crippen molar-refractivity contribution in [3.05, 3.63) is 59.7 Å². The van der Waals surface area contributed by atoms with E-state index in [1.54, 1.807) is 12.1 Å². The molecule has 0 aliphatic heterocycles. The van der Waals surface area contributed by atoms with E-state index in [-0.39, 0.29) is 30.2 Å². The molecule has 0 saturated heterocycles. The van der Waals surface area contributed by atoms with Crippen molar-refractivity contribution in [1.29, 1.82) is 0 Å². The Balaban J connectivity index is 2.03. The maximum atomic E-state index is 9.53. The minimum absolute atomic E-state index is 0.0179. The van der Waals surface area contributed by atoms with Gasteiger partial charge in [-0.3, -0.25) is 0 Å². The summed E-state index contributed by atoms with van der Waals surface area (Å²) in [6, 6.07) is 14.3. The number of aromatic hydroxyl groups is 2. The summed E-state index contributed by atoms with van der Waals surface area (Å²) in [4.78, 5) is 0. The van der Waals surface area contributed by atoms with Crippen LogP contribution in [0, 0.1) is 0 Å². The van der Waals surface area contributed by atoms with Crippen molar-refractivity contribution in [2.24, 2.45) is 0 Å². The van der Waals surface area contributed by atoms with Gasteiger partial charge in [-0.25, -0.2) is 0 Å². The smallest absolute Gasteiger partial charge is 0.119 e. The van der Waals surface area contributed by atoms with E-state index < -0.39 is 0 Å². The van der Waals surface area contributed by atoms with Crippen LogP contribution in [-0.4, -0.2) is 28.0 Å². The van der Waals surface area contributed by atoms with Crippen LogP contribution in [0.15, 0.2) is 48.5 Å². The lowest BCUT2D eigenvalue weighted by molar-refractivity contribution is 0.232. The summed E-state index contributed by atoms with van der Waals surface area (Å²) in [5.74, 6) is 0.0597. The second kappa shape index (κ2) is 7.11. The third-order valence-electron chi connectivity index (χ3n) is 3.46. The van der Waals surface area contributed by atoms with Gasteiger partial charge in [0.1, 0.15) is 11.5 Å². The predicted molar refractivity (Wildman–Crippen MR) is 82.3 cm³/mol. The zero-order chi connectivity index (χ0) is 15.2. The van der Waals surface area contributed by atoms with E-state index in [2.05, 4.69) is 5.32 Å². The van der Waals surface area contributed by atoms with Crippen molar-refractivity contribution >= 4 is 0 Å². The molecule has 0 bridgehead atoms. The first kappa shape index (κ1) is 15.4. The molecule has 4 N–H and O–H groups in total. The molecule has 0 amide bonds. The Bertz CT molecular complexity index is 551. The van der Waals surface area contributed by atoms with E-state index in [1.807, 2.05) is 37.3 Å². The Hall–Kier alpha value is -2.04. The SMILES string of the molecule is CC(N[C@H](CO)Cc1ccccc1)c1cc(O)cc(O)c1. The van der Waals surface area contributed by atoms with Crippen LogP contribution < -0.4 is 5.32 Å². The van der Waals surface area contributed by atoms with Gasteiger partial charge < -0.3 is 20.6 Å². The van der Waals surface area contributed by atoms with Crippen LogP contribution in [0.25, 0.3) is 0 Å². The summed E-state index contributed by atoms with van der Waals surface area (Å²) in [6.07, 6.45) is 0.715. The molecule has 0 heterocycles. The Morgan fingerprint density at radius 3 is 2.19 bits per heavy atom. The molecule has 0 aromatic heterocycles. The third kappa shape index (κ3) is 4.48. The molecule has 0 aliphatic carbocycles. The quantitative estimate of drug-likeness (QED) is 0.658. The number of rotatable bonds is 6. The first-order valence-corrected chi connectivity index (χ1v) is 7.02. The molecule has 4 nitrogen and oxygen atoms in total. The minimum atomic E-state index is -0.0936. The molecule has 2 aromatic carbocycles. The van der Waals surface area contributed by atoms with Crippen LogP contribution in [0.5, 0.6) is 11.5 Å². The van der Waals surface area contributed by atoms with E-state index in [1.165, 1.54) is 6.07 Å². The van der Waals surface area contributed by atoms with Gasteiger partial charge in [0.25, 0.3) is 0 Å². The molecule has 112 valence electrons. The van der Waals surface area contributed by atoms with Gasteiger partial charge >= 0.3 is 0 Å². The fourth-order valence-corrected chi connectivity index (χ4v) is 2.39. The largest absolute Gasteiger partial charge is 0.508 e. The molecule has 0 aliphatic rings. The molecular formula is C17H21NO3. The number of benzene rings is 2. The molecule has 2 aromatic rings. The van der Waals surface area contributed by atoms with Gasteiger partial charge in [-0.15, -0.1) is 0 Å². The van der Waals surface area contributed by atoms with Gasteiger partial charge in [0.2, 0.25) is 0 Å². The number of aliphatic hydroxyl groups is 1. The van der Waals surface area contributed by atoms with Crippen LogP contribution in [0.2, 0.25) is 0 Å². The average Bonchev–Trinajstić information content (AvgIpc) is 2.46. The van der Waals surface area contributed by atoms with Gasteiger partial charge in [-0.2, -0.15) is 0 Å². The summed E-state index contributed by atoms with van der Waals surface area (Å²) in [6.45, 7) is 1.95. The highest BCUT2D eigenvalue weighted by Crippen LogP contribution is 2.25. The van der Waals surface area contributed by atoms with E-state index >= 15 is 0 Å². The lowest BCUT2D eigenvalue weighted by Crippen LogP contribution is -2.36. The number of nitrogens with one attached hydrogen (secondary N) is 1. The zero-order valence-electron chi connectivity index (χ0n) is 12.0. The predicted octanol–water partition coefficient (Wildman–Crippen LogP) is 2.35. The van der Waals surface area contributed by atoms with Crippen LogP contribution in [0.3, 0.4) is 0 Å². The number of aliphatic hydroxyl groups excluding tert-OH is 1. The molecular weight excluding hydrogens is 266 g/mol. The normalized spacial score (nSPS) is 13.8. The number of phenolic OH excluding ortho intramolecular Hbond substituents is 2. The Kier molecular flexibility index (Phi) is 5.20. The fourth-order valence-electron chi connectivity index (χ4n) is 2.39. The van der Waals surface area contributed by atoms with Crippen LogP contribution in [0.1, 0.15) is 24.1 Å². The summed E-state index contributed by atoms with van der Waals surface area (Å²) in [5, 5.41) is 31.9. The average molecular weight is 287 g/mol. The molecule has 2 rings (SSSR count). The molecule has 21 heavy (non-hydrogen) atoms. The van der Waals surface area contributed by atoms with Crippen molar-refractivity contribution < 1.29 is 15.3 Å². The van der Waals surface area contributed by atoms with E-state index in [9.17, 15) is 15.3 Å². The lowest BCUT2D eigenvalue weighted by atomic mass is 10.0. The van der Waals surface area contributed by atoms with Gasteiger partial charge in [0.05, 0.1) is 6.61 Å². The van der Waals surface area contributed by atoms with Crippen LogP contribution >= 0.6 is 0 Å². The molecule has 4 heteroatoms. The number of phenols is 2. The monoisotopic (exact) mass is 287 g/mol. The van der Waals surface area contributed by atoms with Crippen LogP contribution in [0.4, 0.5) is 0 Å². The first-order valence-electron chi connectivity index (χ1n) is 7.02. The minimum Gasteiger partial charge on any atom is -0.508 e. The third-order valence-corrected chi connectivity index (χ3v) is 3.46. The number of hydrogen-bond donors (Lipinski definition) is 4. The lowest BCUT2D eigenvalue weighted by Gasteiger charge is -2.22. The fraction of sp³-hybridized carbons (Fsp3) is 0.294. The Morgan fingerprint density at radius 1 is 1.00 bits per heavy atom. The highest BCUT2D eigenvalue weighted by molar-refractivity contribution is 5.38. The van der Waals surface area contributed by atoms with Crippen molar-refractivity contribution in [2.75, 3.05) is 6.61 Å². The molecule has 1 unspecified atom stereocenters. The van der Waals surface area contributed by atoms with E-state index in [0.29, 0.717) is 6.42 Å². The summed E-state index contributed by atoms with van der Waals surface area (Å²) in [7, 11) is 0. The highest BCUT2D eigenvalue weighted by Gasteiger charge is 2.14. The van der Waals surface area contributed by atoms with Gasteiger partial charge in [0.15, 0.2) is 0 Å².